The number of allylic oxidation sites excluding steroid dienone is 2. The normalized spacial score (nSPS) is 27.1. The van der Waals surface area contributed by atoms with E-state index in [1.54, 1.807) is 0 Å². The van der Waals surface area contributed by atoms with Crippen molar-refractivity contribution in [2.45, 2.75) is 51.9 Å². The summed E-state index contributed by atoms with van der Waals surface area (Å²) < 4.78 is 11.1. The van der Waals surface area contributed by atoms with E-state index in [1.807, 2.05) is 23.1 Å². The van der Waals surface area contributed by atoms with Crippen molar-refractivity contribution in [1.29, 1.82) is 0 Å². The second-order valence-electron chi connectivity index (χ2n) is 9.94. The minimum atomic E-state index is -0.512. The lowest BCUT2D eigenvalue weighted by Gasteiger charge is -2.44. The summed E-state index contributed by atoms with van der Waals surface area (Å²) in [6.07, 6.45) is 4.44. The molecule has 6 nitrogen and oxygen atoms in total. The number of amides is 1. The minimum Gasteiger partial charge on any atom is -0.454 e. The highest BCUT2D eigenvalue weighted by molar-refractivity contribution is 6.01. The number of benzene rings is 1. The van der Waals surface area contributed by atoms with Gasteiger partial charge in [0.05, 0.1) is 5.92 Å². The molecule has 4 aliphatic rings. The molecule has 1 saturated heterocycles. The Kier molecular flexibility index (Phi) is 4.83. The number of Topliss-reactive ketones (excluding diaryl/α,β-unsaturated/α-hetero) is 1. The predicted octanol–water partition coefficient (Wildman–Crippen LogP) is 3.89. The third-order valence-corrected chi connectivity index (χ3v) is 6.94. The van der Waals surface area contributed by atoms with E-state index < -0.39 is 5.92 Å². The summed E-state index contributed by atoms with van der Waals surface area (Å²) >= 11 is 0. The number of ether oxygens (including phenoxy) is 2. The summed E-state index contributed by atoms with van der Waals surface area (Å²) in [6.45, 7) is 10.2. The molecule has 0 bridgehead atoms. The van der Waals surface area contributed by atoms with Crippen LogP contribution in [0.4, 0.5) is 0 Å². The van der Waals surface area contributed by atoms with Gasteiger partial charge in [-0.05, 0) is 48.8 Å². The Morgan fingerprint density at radius 2 is 1.87 bits per heavy atom. The molecule has 5 rings (SSSR count). The van der Waals surface area contributed by atoms with Crippen LogP contribution in [0.15, 0.2) is 41.7 Å². The Morgan fingerprint density at radius 1 is 1.13 bits per heavy atom. The first kappa shape index (κ1) is 20.2. The van der Waals surface area contributed by atoms with Crippen LogP contribution in [0.2, 0.25) is 0 Å². The molecule has 0 radical (unpaired) electrons. The molecular weight excluding hydrogens is 392 g/mol. The molecule has 1 aliphatic carbocycles. The first-order valence-corrected chi connectivity index (χ1v) is 11.2. The van der Waals surface area contributed by atoms with Gasteiger partial charge in [0, 0.05) is 42.4 Å². The van der Waals surface area contributed by atoms with E-state index in [2.05, 4.69) is 25.7 Å². The number of likely N-dealkylation sites (tertiary alicyclic amines) is 1. The zero-order valence-electron chi connectivity index (χ0n) is 18.3. The molecular formula is C25H30N2O4. The van der Waals surface area contributed by atoms with E-state index in [4.69, 9.17) is 9.47 Å². The summed E-state index contributed by atoms with van der Waals surface area (Å²) in [5.41, 5.74) is 3.12. The number of carbonyl (C=O) groups excluding carboxylic acids is 2. The molecule has 0 spiro atoms. The number of piperidine rings is 1. The summed E-state index contributed by atoms with van der Waals surface area (Å²) in [7, 11) is 0. The Hall–Kier alpha value is -2.76. The maximum atomic E-state index is 13.7. The van der Waals surface area contributed by atoms with Crippen molar-refractivity contribution in [1.82, 2.24) is 10.2 Å². The fourth-order valence-corrected chi connectivity index (χ4v) is 5.51. The Bertz CT molecular complexity index is 987. The summed E-state index contributed by atoms with van der Waals surface area (Å²) in [5.74, 6) is 0.658. The average molecular weight is 423 g/mol. The summed E-state index contributed by atoms with van der Waals surface area (Å²) in [5, 5.41) is 3.39. The number of rotatable bonds is 2. The molecule has 3 heterocycles. The van der Waals surface area contributed by atoms with E-state index in [0.29, 0.717) is 23.6 Å². The maximum absolute atomic E-state index is 13.7. The molecule has 1 aromatic rings. The van der Waals surface area contributed by atoms with E-state index in [9.17, 15) is 9.59 Å². The number of hydrogen-bond donors (Lipinski definition) is 1. The Labute approximate surface area is 183 Å². The van der Waals surface area contributed by atoms with Crippen LogP contribution >= 0.6 is 0 Å². The molecule has 2 unspecified atom stereocenters. The lowest BCUT2D eigenvalue weighted by molar-refractivity contribution is -0.136. The maximum Gasteiger partial charge on any atom is 0.232 e. The number of fused-ring (bicyclic) bond motifs is 1. The van der Waals surface area contributed by atoms with Crippen LogP contribution in [0.3, 0.4) is 0 Å². The average Bonchev–Trinajstić information content (AvgIpc) is 3.20. The number of nitrogens with one attached hydrogen (secondary N) is 1. The second kappa shape index (κ2) is 7.43. The number of ketones is 1. The highest BCUT2D eigenvalue weighted by Gasteiger charge is 2.47. The SMILES string of the molecule is C=C1NC2=C(C(=O)CC(C)(C)C2)C(c2ccc3c(c2)OCO3)C1C(=O)N1CCCCC1. The van der Waals surface area contributed by atoms with Gasteiger partial charge in [0.15, 0.2) is 17.3 Å². The lowest BCUT2D eigenvalue weighted by atomic mass is 9.66. The molecule has 0 aromatic heterocycles. The van der Waals surface area contributed by atoms with Crippen LogP contribution in [-0.4, -0.2) is 36.5 Å². The quantitative estimate of drug-likeness (QED) is 0.783. The number of hydrogen-bond acceptors (Lipinski definition) is 5. The molecule has 1 amide bonds. The van der Waals surface area contributed by atoms with Gasteiger partial charge in [0.2, 0.25) is 12.7 Å². The zero-order valence-corrected chi connectivity index (χ0v) is 18.3. The van der Waals surface area contributed by atoms with E-state index in [-0.39, 0.29) is 29.8 Å². The second-order valence-corrected chi connectivity index (χ2v) is 9.94. The Morgan fingerprint density at radius 3 is 2.65 bits per heavy atom. The molecule has 31 heavy (non-hydrogen) atoms. The van der Waals surface area contributed by atoms with E-state index in [0.717, 1.165) is 55.6 Å². The van der Waals surface area contributed by atoms with Gasteiger partial charge in [-0.15, -0.1) is 0 Å². The lowest BCUT2D eigenvalue weighted by Crippen LogP contribution is -2.48. The number of carbonyl (C=O) groups is 2. The van der Waals surface area contributed by atoms with Crippen LogP contribution in [0.25, 0.3) is 0 Å². The van der Waals surface area contributed by atoms with Gasteiger partial charge in [-0.25, -0.2) is 0 Å². The molecule has 0 saturated carbocycles. The highest BCUT2D eigenvalue weighted by atomic mass is 16.7. The topological polar surface area (TPSA) is 67.9 Å². The van der Waals surface area contributed by atoms with Crippen molar-refractivity contribution in [3.8, 4) is 11.5 Å². The Balaban J connectivity index is 1.62. The largest absolute Gasteiger partial charge is 0.454 e. The van der Waals surface area contributed by atoms with Crippen molar-refractivity contribution < 1.29 is 19.1 Å². The molecule has 164 valence electrons. The van der Waals surface area contributed by atoms with Gasteiger partial charge in [-0.3, -0.25) is 9.59 Å². The first-order chi connectivity index (χ1) is 14.8. The van der Waals surface area contributed by atoms with Crippen molar-refractivity contribution in [3.63, 3.8) is 0 Å². The zero-order chi connectivity index (χ0) is 21.8. The smallest absolute Gasteiger partial charge is 0.232 e. The van der Waals surface area contributed by atoms with Gasteiger partial charge in [-0.2, -0.15) is 0 Å². The van der Waals surface area contributed by atoms with Crippen LogP contribution in [0, 0.1) is 11.3 Å². The van der Waals surface area contributed by atoms with Gasteiger partial charge in [0.1, 0.15) is 0 Å². The molecule has 1 fully saturated rings. The minimum absolute atomic E-state index is 0.0593. The van der Waals surface area contributed by atoms with Crippen molar-refractivity contribution in [3.05, 3.63) is 47.3 Å². The monoisotopic (exact) mass is 422 g/mol. The van der Waals surface area contributed by atoms with Gasteiger partial charge >= 0.3 is 0 Å². The van der Waals surface area contributed by atoms with Crippen molar-refractivity contribution >= 4 is 11.7 Å². The number of nitrogens with zero attached hydrogens (tertiary/aromatic N) is 1. The molecule has 6 heteroatoms. The van der Waals surface area contributed by atoms with Gasteiger partial charge < -0.3 is 19.7 Å². The third-order valence-electron chi connectivity index (χ3n) is 6.94. The fraction of sp³-hybridized carbons (Fsp3) is 0.520. The summed E-state index contributed by atoms with van der Waals surface area (Å²) in [6, 6.07) is 5.77. The highest BCUT2D eigenvalue weighted by Crippen LogP contribution is 2.49. The van der Waals surface area contributed by atoms with Crippen LogP contribution in [0.1, 0.15) is 57.4 Å². The summed E-state index contributed by atoms with van der Waals surface area (Å²) in [4.78, 5) is 29.1. The molecule has 1 aromatic carbocycles. The van der Waals surface area contributed by atoms with Crippen LogP contribution in [0.5, 0.6) is 11.5 Å². The van der Waals surface area contributed by atoms with Crippen LogP contribution < -0.4 is 14.8 Å². The van der Waals surface area contributed by atoms with E-state index in [1.165, 1.54) is 0 Å². The van der Waals surface area contributed by atoms with Crippen molar-refractivity contribution in [2.75, 3.05) is 19.9 Å². The first-order valence-electron chi connectivity index (χ1n) is 11.2. The standard InChI is InChI=1S/C25H30N2O4/c1-15-21(24(29)27-9-5-4-6-10-27)22(16-7-8-19-20(11-16)31-14-30-19)23-17(26-15)12-25(2,3)13-18(23)28/h7-8,11,21-22,26H,1,4-6,9-10,12-14H2,2-3H3. The molecule has 3 aliphatic heterocycles. The third kappa shape index (κ3) is 3.52. The van der Waals surface area contributed by atoms with Crippen molar-refractivity contribution in [2.24, 2.45) is 11.3 Å². The fourth-order valence-electron chi connectivity index (χ4n) is 5.51. The van der Waals surface area contributed by atoms with Crippen LogP contribution in [-0.2, 0) is 9.59 Å². The predicted molar refractivity (Wildman–Crippen MR) is 117 cm³/mol. The molecule has 2 atom stereocenters. The van der Waals surface area contributed by atoms with E-state index >= 15 is 0 Å². The van der Waals surface area contributed by atoms with Gasteiger partial charge in [0.25, 0.3) is 0 Å². The molecule has 1 N–H and O–H groups in total. The van der Waals surface area contributed by atoms with Gasteiger partial charge in [-0.1, -0.05) is 26.5 Å².